The van der Waals surface area contributed by atoms with Crippen LogP contribution in [0.1, 0.15) is 40.5 Å². The molecule has 154 valence electrons. The minimum Gasteiger partial charge on any atom is -0.494 e. The third-order valence-corrected chi connectivity index (χ3v) is 6.93. The molecule has 1 N–H and O–H groups in total. The van der Waals surface area contributed by atoms with E-state index in [0.29, 0.717) is 30.8 Å². The zero-order chi connectivity index (χ0) is 21.0. The lowest BCUT2D eigenvalue weighted by molar-refractivity contribution is 0.0696. The van der Waals surface area contributed by atoms with Gasteiger partial charge in [-0.05, 0) is 68.3 Å². The number of piperidine rings is 1. The van der Waals surface area contributed by atoms with Gasteiger partial charge in [0, 0.05) is 24.6 Å². The normalized spacial score (nSPS) is 15.8. The molecule has 1 heterocycles. The van der Waals surface area contributed by atoms with E-state index in [1.807, 2.05) is 6.92 Å². The molecule has 2 aromatic carbocycles. The standard InChI is InChI=1S/C21H23NO6S/c1-2-28-18-7-3-15(4-8-18)20(23)16-11-13-22(14-12-16)29(26,27)19-9-5-17(6-10-19)21(24)25/h3-10,16H,2,11-14H2,1H3,(H,24,25). The van der Waals surface area contributed by atoms with E-state index in [9.17, 15) is 18.0 Å². The Balaban J connectivity index is 1.64. The molecule has 29 heavy (non-hydrogen) atoms. The van der Waals surface area contributed by atoms with Gasteiger partial charge in [0.1, 0.15) is 5.75 Å². The average Bonchev–Trinajstić information content (AvgIpc) is 2.74. The molecule has 0 amide bonds. The van der Waals surface area contributed by atoms with Crippen LogP contribution in [0.25, 0.3) is 0 Å². The highest BCUT2D eigenvalue weighted by atomic mass is 32.2. The van der Waals surface area contributed by atoms with E-state index in [-0.39, 0.29) is 35.2 Å². The van der Waals surface area contributed by atoms with Gasteiger partial charge in [0.2, 0.25) is 10.0 Å². The van der Waals surface area contributed by atoms with Crippen molar-refractivity contribution >= 4 is 21.8 Å². The first-order valence-electron chi connectivity index (χ1n) is 9.43. The lowest BCUT2D eigenvalue weighted by Gasteiger charge is -2.30. The molecule has 7 nitrogen and oxygen atoms in total. The number of hydrogen-bond donors (Lipinski definition) is 1. The number of aromatic carboxylic acids is 1. The summed E-state index contributed by atoms with van der Waals surface area (Å²) in [7, 11) is -3.72. The van der Waals surface area contributed by atoms with E-state index in [4.69, 9.17) is 9.84 Å². The number of ketones is 1. The Morgan fingerprint density at radius 3 is 2.07 bits per heavy atom. The predicted octanol–water partition coefficient (Wildman–Crippen LogP) is 3.07. The molecule has 0 aromatic heterocycles. The Labute approximate surface area is 170 Å². The first kappa shape index (κ1) is 21.0. The number of Topliss-reactive ketones (excluding diaryl/α,β-unsaturated/α-hetero) is 1. The molecular formula is C21H23NO6S. The maximum atomic E-state index is 12.8. The van der Waals surface area contributed by atoms with Crippen molar-refractivity contribution in [2.45, 2.75) is 24.7 Å². The number of rotatable bonds is 7. The number of carboxylic acid groups (broad SMARTS) is 1. The number of carboxylic acids is 1. The quantitative estimate of drug-likeness (QED) is 0.695. The van der Waals surface area contributed by atoms with Gasteiger partial charge in [0.15, 0.2) is 5.78 Å². The van der Waals surface area contributed by atoms with Crippen LogP contribution in [0.5, 0.6) is 5.75 Å². The van der Waals surface area contributed by atoms with Crippen LogP contribution in [0.4, 0.5) is 0 Å². The molecule has 0 atom stereocenters. The number of carbonyl (C=O) groups is 2. The predicted molar refractivity (Wildman–Crippen MR) is 107 cm³/mol. The molecule has 0 saturated carbocycles. The van der Waals surface area contributed by atoms with Gasteiger partial charge in [-0.1, -0.05) is 0 Å². The number of ether oxygens (including phenoxy) is 1. The highest BCUT2D eigenvalue weighted by Gasteiger charge is 2.32. The fraction of sp³-hybridized carbons (Fsp3) is 0.333. The summed E-state index contributed by atoms with van der Waals surface area (Å²) in [5, 5.41) is 8.95. The van der Waals surface area contributed by atoms with Gasteiger partial charge >= 0.3 is 5.97 Å². The summed E-state index contributed by atoms with van der Waals surface area (Å²) in [4.78, 5) is 23.7. The van der Waals surface area contributed by atoms with Crippen molar-refractivity contribution in [3.05, 3.63) is 59.7 Å². The van der Waals surface area contributed by atoms with E-state index in [1.165, 1.54) is 28.6 Å². The largest absolute Gasteiger partial charge is 0.494 e. The molecule has 1 fully saturated rings. The molecular weight excluding hydrogens is 394 g/mol. The molecule has 0 radical (unpaired) electrons. The van der Waals surface area contributed by atoms with Crippen LogP contribution in [0.15, 0.2) is 53.4 Å². The lowest BCUT2D eigenvalue weighted by Crippen LogP contribution is -2.40. The second-order valence-electron chi connectivity index (χ2n) is 6.83. The Kier molecular flexibility index (Phi) is 6.34. The fourth-order valence-corrected chi connectivity index (χ4v) is 4.86. The van der Waals surface area contributed by atoms with Crippen molar-refractivity contribution < 1.29 is 27.9 Å². The van der Waals surface area contributed by atoms with E-state index in [1.54, 1.807) is 24.3 Å². The monoisotopic (exact) mass is 417 g/mol. The van der Waals surface area contributed by atoms with Crippen LogP contribution >= 0.6 is 0 Å². The minimum atomic E-state index is -3.72. The summed E-state index contributed by atoms with van der Waals surface area (Å²) < 4.78 is 32.3. The molecule has 0 aliphatic carbocycles. The van der Waals surface area contributed by atoms with Crippen molar-refractivity contribution in [3.8, 4) is 5.75 Å². The maximum absolute atomic E-state index is 12.8. The second kappa shape index (κ2) is 8.75. The maximum Gasteiger partial charge on any atom is 0.335 e. The van der Waals surface area contributed by atoms with Gasteiger partial charge in [0.25, 0.3) is 0 Å². The molecule has 0 unspecified atom stereocenters. The smallest absolute Gasteiger partial charge is 0.335 e. The van der Waals surface area contributed by atoms with Gasteiger partial charge in [-0.3, -0.25) is 4.79 Å². The molecule has 3 rings (SSSR count). The molecule has 2 aromatic rings. The van der Waals surface area contributed by atoms with Crippen LogP contribution in [0.2, 0.25) is 0 Å². The highest BCUT2D eigenvalue weighted by molar-refractivity contribution is 7.89. The average molecular weight is 417 g/mol. The Morgan fingerprint density at radius 1 is 1.00 bits per heavy atom. The molecule has 0 spiro atoms. The zero-order valence-electron chi connectivity index (χ0n) is 16.1. The molecule has 1 aliphatic heterocycles. The van der Waals surface area contributed by atoms with Gasteiger partial charge < -0.3 is 9.84 Å². The summed E-state index contributed by atoms with van der Waals surface area (Å²) in [5.74, 6) is -0.619. The zero-order valence-corrected chi connectivity index (χ0v) is 16.9. The number of hydrogen-bond acceptors (Lipinski definition) is 5. The summed E-state index contributed by atoms with van der Waals surface area (Å²) in [6.45, 7) is 2.94. The van der Waals surface area contributed by atoms with E-state index in [0.717, 1.165) is 0 Å². The van der Waals surface area contributed by atoms with Crippen molar-refractivity contribution in [2.24, 2.45) is 5.92 Å². The van der Waals surface area contributed by atoms with Crippen LogP contribution in [0.3, 0.4) is 0 Å². The summed E-state index contributed by atoms with van der Waals surface area (Å²) >= 11 is 0. The Hall–Kier alpha value is -2.71. The summed E-state index contributed by atoms with van der Waals surface area (Å²) in [5.41, 5.74) is 0.627. The number of benzene rings is 2. The molecule has 8 heteroatoms. The second-order valence-corrected chi connectivity index (χ2v) is 8.77. The van der Waals surface area contributed by atoms with Crippen LogP contribution in [0, 0.1) is 5.92 Å². The first-order chi connectivity index (χ1) is 13.8. The Bertz CT molecular complexity index is 975. The SMILES string of the molecule is CCOc1ccc(C(=O)C2CCN(S(=O)(=O)c3ccc(C(=O)O)cc3)CC2)cc1. The summed E-state index contributed by atoms with van der Waals surface area (Å²) in [6, 6.07) is 12.1. The van der Waals surface area contributed by atoms with E-state index >= 15 is 0 Å². The van der Waals surface area contributed by atoms with Gasteiger partial charge in [-0.25, -0.2) is 13.2 Å². The molecule has 1 aliphatic rings. The minimum absolute atomic E-state index is 0.0101. The van der Waals surface area contributed by atoms with Gasteiger partial charge in [-0.2, -0.15) is 4.31 Å². The first-order valence-corrected chi connectivity index (χ1v) is 10.9. The topological polar surface area (TPSA) is 101 Å². The van der Waals surface area contributed by atoms with Gasteiger partial charge in [-0.15, -0.1) is 0 Å². The Morgan fingerprint density at radius 2 is 1.55 bits per heavy atom. The van der Waals surface area contributed by atoms with Crippen molar-refractivity contribution in [2.75, 3.05) is 19.7 Å². The van der Waals surface area contributed by atoms with E-state index < -0.39 is 16.0 Å². The van der Waals surface area contributed by atoms with Gasteiger partial charge in [0.05, 0.1) is 17.1 Å². The molecule has 1 saturated heterocycles. The number of nitrogens with zero attached hydrogens (tertiary/aromatic N) is 1. The van der Waals surface area contributed by atoms with Crippen LogP contribution in [-0.2, 0) is 10.0 Å². The number of sulfonamides is 1. The van der Waals surface area contributed by atoms with Crippen LogP contribution in [-0.4, -0.2) is 49.3 Å². The van der Waals surface area contributed by atoms with Crippen molar-refractivity contribution in [3.63, 3.8) is 0 Å². The molecule has 0 bridgehead atoms. The van der Waals surface area contributed by atoms with Crippen LogP contribution < -0.4 is 4.74 Å². The van der Waals surface area contributed by atoms with Crippen molar-refractivity contribution in [1.82, 2.24) is 4.31 Å². The third kappa shape index (κ3) is 4.65. The third-order valence-electron chi connectivity index (χ3n) is 5.01. The van der Waals surface area contributed by atoms with E-state index in [2.05, 4.69) is 0 Å². The van der Waals surface area contributed by atoms with Crippen molar-refractivity contribution in [1.29, 1.82) is 0 Å². The fourth-order valence-electron chi connectivity index (χ4n) is 3.39. The number of carbonyl (C=O) groups excluding carboxylic acids is 1. The lowest BCUT2D eigenvalue weighted by atomic mass is 9.89. The summed E-state index contributed by atoms with van der Waals surface area (Å²) in [6.07, 6.45) is 0.886. The highest BCUT2D eigenvalue weighted by Crippen LogP contribution is 2.27.